The lowest BCUT2D eigenvalue weighted by molar-refractivity contribution is -0.268. The molecule has 0 aliphatic carbocycles. The van der Waals surface area contributed by atoms with Crippen molar-refractivity contribution in [3.05, 3.63) is 95.6 Å². The number of aliphatic hydroxyl groups excluding tert-OH is 2. The second-order valence-corrected chi connectivity index (χ2v) is 11.5. The summed E-state index contributed by atoms with van der Waals surface area (Å²) in [5.74, 6) is 1.34. The number of anilines is 1. The molecule has 0 radical (unpaired) electrons. The molecule has 0 bridgehead atoms. The van der Waals surface area contributed by atoms with Crippen LogP contribution < -0.4 is 4.72 Å². The van der Waals surface area contributed by atoms with Gasteiger partial charge in [-0.25, -0.2) is 8.42 Å². The predicted molar refractivity (Wildman–Crippen MR) is 141 cm³/mol. The Morgan fingerprint density at radius 2 is 1.67 bits per heavy atom. The fourth-order valence-electron chi connectivity index (χ4n) is 4.14. The van der Waals surface area contributed by atoms with Crippen molar-refractivity contribution < 1.29 is 28.1 Å². The predicted octanol–water partition coefficient (Wildman–Crippen LogP) is 4.50. The number of ether oxygens (including phenoxy) is 2. The number of hydrogen-bond acceptors (Lipinski definition) is 7. The highest BCUT2D eigenvalue weighted by Gasteiger charge is 2.38. The highest BCUT2D eigenvalue weighted by atomic mass is 32.2. The molecule has 3 aromatic carbocycles. The van der Waals surface area contributed by atoms with Crippen LogP contribution in [0.4, 0.5) is 5.69 Å². The fourth-order valence-corrected chi connectivity index (χ4v) is 6.12. The van der Waals surface area contributed by atoms with Gasteiger partial charge in [0.2, 0.25) is 0 Å². The van der Waals surface area contributed by atoms with E-state index < -0.39 is 16.3 Å². The van der Waals surface area contributed by atoms with Crippen LogP contribution in [0.3, 0.4) is 0 Å². The number of hydrogen-bond donors (Lipinski definition) is 3. The number of benzene rings is 3. The molecule has 1 saturated heterocycles. The van der Waals surface area contributed by atoms with E-state index in [2.05, 4.69) is 11.6 Å². The van der Waals surface area contributed by atoms with Gasteiger partial charge in [0.1, 0.15) is 0 Å². The maximum absolute atomic E-state index is 12.8. The molecule has 0 saturated carbocycles. The maximum atomic E-state index is 12.8. The summed E-state index contributed by atoms with van der Waals surface area (Å²) in [6.45, 7) is 2.15. The van der Waals surface area contributed by atoms with E-state index in [-0.39, 0.29) is 36.2 Å². The zero-order chi connectivity index (χ0) is 25.5. The van der Waals surface area contributed by atoms with Crippen LogP contribution in [0.5, 0.6) is 0 Å². The number of sulfonamides is 1. The van der Waals surface area contributed by atoms with Crippen molar-refractivity contribution in [2.45, 2.75) is 36.9 Å². The van der Waals surface area contributed by atoms with Gasteiger partial charge in [0, 0.05) is 28.7 Å². The first-order valence-electron chi connectivity index (χ1n) is 11.8. The van der Waals surface area contributed by atoms with Crippen molar-refractivity contribution in [3.8, 4) is 0 Å². The van der Waals surface area contributed by atoms with E-state index in [9.17, 15) is 18.6 Å². The van der Waals surface area contributed by atoms with Crippen LogP contribution in [-0.2, 0) is 26.1 Å². The van der Waals surface area contributed by atoms with Gasteiger partial charge in [0.15, 0.2) is 6.29 Å². The van der Waals surface area contributed by atoms with Gasteiger partial charge < -0.3 is 19.7 Å². The van der Waals surface area contributed by atoms with E-state index in [1.54, 1.807) is 60.3 Å². The molecule has 36 heavy (non-hydrogen) atoms. The van der Waals surface area contributed by atoms with Gasteiger partial charge in [-0.3, -0.25) is 4.72 Å². The van der Waals surface area contributed by atoms with Gasteiger partial charge in [-0.15, -0.1) is 0 Å². The quantitative estimate of drug-likeness (QED) is 0.332. The van der Waals surface area contributed by atoms with E-state index in [0.29, 0.717) is 22.8 Å². The molecule has 1 unspecified atom stereocenters. The molecule has 0 spiro atoms. The molecule has 7 nitrogen and oxygen atoms in total. The molecule has 4 rings (SSSR count). The molecular weight excluding hydrogens is 498 g/mol. The first kappa shape index (κ1) is 26.7. The Morgan fingerprint density at radius 1 is 0.917 bits per heavy atom. The first-order chi connectivity index (χ1) is 17.4. The molecule has 9 heteroatoms. The molecule has 1 fully saturated rings. The summed E-state index contributed by atoms with van der Waals surface area (Å²) in [5, 5.41) is 18.6. The van der Waals surface area contributed by atoms with Crippen molar-refractivity contribution in [2.24, 2.45) is 5.92 Å². The lowest BCUT2D eigenvalue weighted by Gasteiger charge is -2.41. The van der Waals surface area contributed by atoms with Gasteiger partial charge in [-0.2, -0.15) is 11.8 Å². The maximum Gasteiger partial charge on any atom is 0.261 e. The van der Waals surface area contributed by atoms with Crippen molar-refractivity contribution in [3.63, 3.8) is 0 Å². The summed E-state index contributed by atoms with van der Waals surface area (Å²) >= 11 is 1.62. The molecule has 1 heterocycles. The molecule has 0 amide bonds. The number of rotatable bonds is 10. The fraction of sp³-hybridized carbons (Fsp3) is 0.333. The molecule has 0 aromatic heterocycles. The van der Waals surface area contributed by atoms with Gasteiger partial charge in [-0.05, 0) is 35.4 Å². The van der Waals surface area contributed by atoms with Crippen molar-refractivity contribution >= 4 is 27.5 Å². The van der Waals surface area contributed by atoms with E-state index in [1.165, 1.54) is 0 Å². The van der Waals surface area contributed by atoms with Crippen LogP contribution in [-0.4, -0.2) is 42.8 Å². The second-order valence-electron chi connectivity index (χ2n) is 8.66. The average molecular weight is 530 g/mol. The largest absolute Gasteiger partial charge is 0.396 e. The molecule has 4 atom stereocenters. The normalized spacial score (nSPS) is 22.3. The SMILES string of the molecule is C[C@H]1[C@@H](CSCCO)OC(c2cccc(NS(=O)(=O)c3ccccc3)c2)O[C@H]1c1ccc(CO)cc1. The summed E-state index contributed by atoms with van der Waals surface area (Å²) in [7, 11) is -3.73. The Hall–Kier alpha value is -2.40. The van der Waals surface area contributed by atoms with Gasteiger partial charge in [0.05, 0.1) is 30.3 Å². The smallest absolute Gasteiger partial charge is 0.261 e. The number of thioether (sulfide) groups is 1. The zero-order valence-corrected chi connectivity index (χ0v) is 21.6. The second kappa shape index (κ2) is 12.2. The highest BCUT2D eigenvalue weighted by molar-refractivity contribution is 7.99. The third kappa shape index (κ3) is 6.47. The van der Waals surface area contributed by atoms with E-state index in [0.717, 1.165) is 11.1 Å². The van der Waals surface area contributed by atoms with Crippen LogP contribution in [0.15, 0.2) is 83.8 Å². The van der Waals surface area contributed by atoms with Gasteiger partial charge >= 0.3 is 0 Å². The Balaban J connectivity index is 1.59. The molecule has 1 aliphatic rings. The van der Waals surface area contributed by atoms with E-state index in [4.69, 9.17) is 9.47 Å². The van der Waals surface area contributed by atoms with Crippen LogP contribution in [0, 0.1) is 5.92 Å². The average Bonchev–Trinajstić information content (AvgIpc) is 2.90. The number of aliphatic hydroxyl groups is 2. The molecular formula is C27H31NO6S2. The van der Waals surface area contributed by atoms with E-state index in [1.807, 2.05) is 30.3 Å². The minimum absolute atomic E-state index is 0.0286. The topological polar surface area (TPSA) is 105 Å². The van der Waals surface area contributed by atoms with Crippen LogP contribution in [0.25, 0.3) is 0 Å². The summed E-state index contributed by atoms with van der Waals surface area (Å²) in [6, 6.07) is 22.9. The number of nitrogens with one attached hydrogen (secondary N) is 1. The summed E-state index contributed by atoms with van der Waals surface area (Å²) in [6.07, 6.45) is -1.11. The lowest BCUT2D eigenvalue weighted by Crippen LogP contribution is -2.38. The Labute approximate surface area is 216 Å². The first-order valence-corrected chi connectivity index (χ1v) is 14.4. The molecule has 3 N–H and O–H groups in total. The van der Waals surface area contributed by atoms with Crippen LogP contribution in [0.2, 0.25) is 0 Å². The molecule has 3 aromatic rings. The summed E-state index contributed by atoms with van der Waals surface area (Å²) in [4.78, 5) is 0.182. The molecule has 1 aliphatic heterocycles. The van der Waals surface area contributed by atoms with Crippen LogP contribution in [0.1, 0.15) is 36.0 Å². The monoisotopic (exact) mass is 529 g/mol. The minimum atomic E-state index is -3.73. The summed E-state index contributed by atoms with van der Waals surface area (Å²) in [5.41, 5.74) is 2.91. The standard InChI is InChI=1S/C27H31NO6S2/c1-19-25(18-35-15-14-29)33-27(34-26(19)21-12-10-20(17-30)11-13-21)22-6-5-7-23(16-22)28-36(31,32)24-8-3-2-4-9-24/h2-13,16,19,25-30H,14-15,17-18H2,1H3/t19-,25+,26+,27?/m0/s1. The van der Waals surface area contributed by atoms with Gasteiger partial charge in [0.25, 0.3) is 10.0 Å². The van der Waals surface area contributed by atoms with Crippen LogP contribution >= 0.6 is 11.8 Å². The Morgan fingerprint density at radius 3 is 2.36 bits per heavy atom. The minimum Gasteiger partial charge on any atom is -0.396 e. The van der Waals surface area contributed by atoms with Crippen molar-refractivity contribution in [2.75, 3.05) is 22.8 Å². The van der Waals surface area contributed by atoms with Crippen molar-refractivity contribution in [1.82, 2.24) is 0 Å². The molecule has 192 valence electrons. The summed E-state index contributed by atoms with van der Waals surface area (Å²) < 4.78 is 41.0. The lowest BCUT2D eigenvalue weighted by atomic mass is 9.91. The Kier molecular flexibility index (Phi) is 9.05. The zero-order valence-electron chi connectivity index (χ0n) is 20.0. The van der Waals surface area contributed by atoms with Crippen molar-refractivity contribution in [1.29, 1.82) is 0 Å². The highest BCUT2D eigenvalue weighted by Crippen LogP contribution is 2.42. The third-order valence-electron chi connectivity index (χ3n) is 6.11. The van der Waals surface area contributed by atoms with Gasteiger partial charge in [-0.1, -0.05) is 61.5 Å². The third-order valence-corrected chi connectivity index (χ3v) is 8.54. The Bertz CT molecular complexity index is 1220. The van der Waals surface area contributed by atoms with E-state index >= 15 is 0 Å².